The highest BCUT2D eigenvalue weighted by molar-refractivity contribution is 6.27. The number of hydrogen-bond donors (Lipinski definition) is 0. The van der Waals surface area contributed by atoms with E-state index in [0.717, 1.165) is 117 Å². The smallest absolute Gasteiger partial charge is 0.164 e. The first-order chi connectivity index (χ1) is 43.7. The Morgan fingerprint density at radius 3 is 1.01 bits per heavy atom. The summed E-state index contributed by atoms with van der Waals surface area (Å²) in [5, 5.41) is 9.46. The normalized spacial score (nSPS) is 11.9. The van der Waals surface area contributed by atoms with Crippen molar-refractivity contribution < 1.29 is 0 Å². The van der Waals surface area contributed by atoms with Crippen molar-refractivity contribution in [2.24, 2.45) is 0 Å². The number of nitrogens with zero attached hydrogens (tertiary/aromatic N) is 7. The van der Waals surface area contributed by atoms with Crippen molar-refractivity contribution in [3.05, 3.63) is 309 Å². The molecule has 0 amide bonds. The molecule has 0 saturated carbocycles. The molecule has 13 aromatic carbocycles. The van der Waals surface area contributed by atoms with Gasteiger partial charge in [0, 0.05) is 87.7 Å². The molecule has 0 fully saturated rings. The first kappa shape index (κ1) is 49.5. The quantitative estimate of drug-likeness (QED) is 0.145. The van der Waals surface area contributed by atoms with Gasteiger partial charge >= 0.3 is 0 Å². The fraction of sp³-hybridized carbons (Fsp3) is 0. The molecule has 18 rings (SSSR count). The van der Waals surface area contributed by atoms with Gasteiger partial charge in [0.1, 0.15) is 0 Å². The van der Waals surface area contributed by atoms with Crippen LogP contribution >= 0.6 is 0 Å². The largest absolute Gasteiger partial charge is 0.309 e. The second kappa shape index (κ2) is 19.8. The number of hydrogen-bond acceptors (Lipinski definition) is 3. The molecule has 0 aliphatic rings. The number of fused-ring (bicyclic) bond motifs is 13. The Hall–Kier alpha value is -11.9. The minimum absolute atomic E-state index is 0.557. The molecule has 7 nitrogen and oxygen atoms in total. The second-order valence-corrected chi connectivity index (χ2v) is 22.6. The van der Waals surface area contributed by atoms with E-state index in [0.29, 0.717) is 17.5 Å². The lowest BCUT2D eigenvalue weighted by atomic mass is 9.90. The number of benzene rings is 13. The third kappa shape index (κ3) is 7.54. The topological polar surface area (TPSA) is 58.4 Å². The second-order valence-electron chi connectivity index (χ2n) is 22.6. The molecule has 5 heterocycles. The van der Waals surface area contributed by atoms with E-state index < -0.39 is 0 Å². The Balaban J connectivity index is 1.05. The Kier molecular flexibility index (Phi) is 11.2. The van der Waals surface area contributed by atoms with Gasteiger partial charge in [-0.3, -0.25) is 0 Å². The van der Waals surface area contributed by atoms with Gasteiger partial charge in [-0.25, -0.2) is 15.0 Å². The third-order valence-corrected chi connectivity index (χ3v) is 17.8. The molecule has 0 aliphatic carbocycles. The first-order valence-corrected chi connectivity index (χ1v) is 29.9. The zero-order valence-electron chi connectivity index (χ0n) is 47.6. The summed E-state index contributed by atoms with van der Waals surface area (Å²) in [5.41, 5.74) is 19.8. The average molecular weight is 1120 g/mol. The van der Waals surface area contributed by atoms with Crippen LogP contribution in [0.2, 0.25) is 0 Å². The van der Waals surface area contributed by atoms with Crippen molar-refractivity contribution in [3.63, 3.8) is 0 Å². The molecule has 18 aromatic rings. The Labute approximate surface area is 506 Å². The third-order valence-electron chi connectivity index (χ3n) is 17.8. The van der Waals surface area contributed by atoms with Crippen LogP contribution in [0, 0.1) is 0 Å². The van der Waals surface area contributed by atoms with E-state index in [1.165, 1.54) is 32.3 Å². The minimum Gasteiger partial charge on any atom is -0.309 e. The van der Waals surface area contributed by atoms with Gasteiger partial charge in [0.2, 0.25) is 0 Å². The maximum absolute atomic E-state index is 5.52. The molecule has 0 radical (unpaired) electrons. The molecular weight excluding hydrogens is 1070 g/mol. The Morgan fingerprint density at radius 2 is 0.557 bits per heavy atom. The van der Waals surface area contributed by atoms with Gasteiger partial charge in [-0.1, -0.05) is 231 Å². The highest BCUT2D eigenvalue weighted by Gasteiger charge is 2.29. The summed E-state index contributed by atoms with van der Waals surface area (Å²) in [6.45, 7) is 0. The lowest BCUT2D eigenvalue weighted by Crippen LogP contribution is -2.07. The van der Waals surface area contributed by atoms with Crippen LogP contribution in [0.4, 0.5) is 0 Å². The van der Waals surface area contributed by atoms with E-state index in [2.05, 4.69) is 291 Å². The summed E-state index contributed by atoms with van der Waals surface area (Å²) < 4.78 is 9.95. The fourth-order valence-corrected chi connectivity index (χ4v) is 14.1. The van der Waals surface area contributed by atoms with Crippen LogP contribution in [0.1, 0.15) is 0 Å². The number of para-hydroxylation sites is 9. The summed E-state index contributed by atoms with van der Waals surface area (Å²) in [7, 11) is 0. The molecule has 5 aromatic heterocycles. The predicted molar refractivity (Wildman–Crippen MR) is 364 cm³/mol. The van der Waals surface area contributed by atoms with Crippen molar-refractivity contribution in [2.45, 2.75) is 0 Å². The maximum Gasteiger partial charge on any atom is 0.164 e. The lowest BCUT2D eigenvalue weighted by Gasteiger charge is -2.24. The summed E-state index contributed by atoms with van der Waals surface area (Å²) in [6, 6.07) is 112. The van der Waals surface area contributed by atoms with E-state index in [1.54, 1.807) is 0 Å². The van der Waals surface area contributed by atoms with Crippen molar-refractivity contribution >= 4 is 87.2 Å². The van der Waals surface area contributed by atoms with Crippen molar-refractivity contribution in [2.75, 3.05) is 0 Å². The molecule has 0 N–H and O–H groups in total. The molecule has 0 saturated heterocycles. The van der Waals surface area contributed by atoms with Crippen LogP contribution in [0.5, 0.6) is 0 Å². The predicted octanol–water partition coefficient (Wildman–Crippen LogP) is 20.6. The minimum atomic E-state index is 0.557. The highest BCUT2D eigenvalue weighted by atomic mass is 15.1. The molecule has 410 valence electrons. The molecule has 0 atom stereocenters. The van der Waals surface area contributed by atoms with Gasteiger partial charge < -0.3 is 18.3 Å². The monoisotopic (exact) mass is 1120 g/mol. The molecule has 0 aliphatic heterocycles. The van der Waals surface area contributed by atoms with Gasteiger partial charge in [-0.05, 0) is 78.9 Å². The lowest BCUT2D eigenvalue weighted by molar-refractivity contribution is 1.07. The SMILES string of the molecule is c1ccc(-c2nc(-c3ccccc3)nc(-c3cc(-c4ccccc4-n4c5ccccc5c5ccccc54)c(-n4c5ccccc5c5c4ccc4c6ccccc6n(-c6ccccc6)c45)c(-c4ccccc4-n4c5ccccc5c5ccccc54)c3)n2)cc1. The van der Waals surface area contributed by atoms with Gasteiger partial charge in [-0.15, -0.1) is 0 Å². The van der Waals surface area contributed by atoms with Crippen LogP contribution in [-0.4, -0.2) is 33.2 Å². The molecule has 0 unspecified atom stereocenters. The van der Waals surface area contributed by atoms with Crippen LogP contribution in [-0.2, 0) is 0 Å². The molecule has 7 heteroatoms. The number of rotatable bonds is 9. The van der Waals surface area contributed by atoms with Crippen molar-refractivity contribution in [1.82, 2.24) is 33.2 Å². The molecule has 0 spiro atoms. The Morgan fingerprint density at radius 1 is 0.216 bits per heavy atom. The van der Waals surface area contributed by atoms with Crippen LogP contribution in [0.3, 0.4) is 0 Å². The average Bonchev–Trinajstić information content (AvgIpc) is 1.54. The van der Waals surface area contributed by atoms with E-state index >= 15 is 0 Å². The van der Waals surface area contributed by atoms with E-state index in [4.69, 9.17) is 15.0 Å². The standard InChI is InChI=1S/C81H51N7/c1-4-26-52(27-5-1)79-82-80(53-28-6-2-7-29-53)84-81(83-79)54-50-65(61-37-15-23-45-72(61)86-68-41-19-10-32-56(68)57-33-11-20-42-69(57)86)77(66(51-54)62-38-16-24-46-73(62)87-70-43-21-12-34-58(70)59-35-13-22-44-71(59)87)88-74-47-25-17-39-64(74)76-75(88)49-48-63-60-36-14-18-40-67(60)85(78(63)76)55-30-8-3-9-31-55/h1-51H. The van der Waals surface area contributed by atoms with Gasteiger partial charge in [0.05, 0.1) is 61.2 Å². The molecular formula is C81H51N7. The summed E-state index contributed by atoms with van der Waals surface area (Å²) in [5.74, 6) is 1.74. The number of aromatic nitrogens is 7. The summed E-state index contributed by atoms with van der Waals surface area (Å²) in [6.07, 6.45) is 0. The van der Waals surface area contributed by atoms with Gasteiger partial charge in [0.25, 0.3) is 0 Å². The highest BCUT2D eigenvalue weighted by Crippen LogP contribution is 2.50. The van der Waals surface area contributed by atoms with Crippen LogP contribution in [0.15, 0.2) is 309 Å². The van der Waals surface area contributed by atoms with E-state index in [-0.39, 0.29) is 0 Å². The van der Waals surface area contributed by atoms with Crippen LogP contribution in [0.25, 0.3) is 166 Å². The fourth-order valence-electron chi connectivity index (χ4n) is 14.1. The van der Waals surface area contributed by atoms with Crippen molar-refractivity contribution in [3.8, 4) is 79.2 Å². The van der Waals surface area contributed by atoms with Crippen LogP contribution < -0.4 is 0 Å². The summed E-state index contributed by atoms with van der Waals surface area (Å²) >= 11 is 0. The first-order valence-electron chi connectivity index (χ1n) is 29.9. The molecule has 0 bridgehead atoms. The van der Waals surface area contributed by atoms with Gasteiger partial charge in [0.15, 0.2) is 17.5 Å². The van der Waals surface area contributed by atoms with E-state index in [9.17, 15) is 0 Å². The molecule has 88 heavy (non-hydrogen) atoms. The van der Waals surface area contributed by atoms with Crippen molar-refractivity contribution in [1.29, 1.82) is 0 Å². The summed E-state index contributed by atoms with van der Waals surface area (Å²) in [4.78, 5) is 16.3. The van der Waals surface area contributed by atoms with E-state index in [1.807, 2.05) is 36.4 Å². The Bertz CT molecular complexity index is 5470. The zero-order valence-corrected chi connectivity index (χ0v) is 47.6. The van der Waals surface area contributed by atoms with Gasteiger partial charge in [-0.2, -0.15) is 0 Å². The maximum atomic E-state index is 5.52. The zero-order chi connectivity index (χ0) is 57.8.